The van der Waals surface area contributed by atoms with Crippen LogP contribution in [0.25, 0.3) is 0 Å². The molecule has 0 aromatic carbocycles. The van der Waals surface area contributed by atoms with Gasteiger partial charge in [0.05, 0.1) is 0 Å². The molecular formula is C15H30N2O. The van der Waals surface area contributed by atoms with Gasteiger partial charge in [-0.15, -0.1) is 0 Å². The molecule has 0 spiro atoms. The number of carbonyl (C=O) groups is 1. The first kappa shape index (κ1) is 15.5. The molecule has 3 heteroatoms. The molecule has 3 N–H and O–H groups in total. The summed E-state index contributed by atoms with van der Waals surface area (Å²) in [6.45, 7) is 7.95. The number of hydrogen-bond acceptors (Lipinski definition) is 2. The van der Waals surface area contributed by atoms with Gasteiger partial charge in [-0.2, -0.15) is 0 Å². The van der Waals surface area contributed by atoms with Crippen molar-refractivity contribution in [3.8, 4) is 0 Å². The quantitative estimate of drug-likeness (QED) is 0.766. The number of carbonyl (C=O) groups excluding carboxylic acids is 1. The van der Waals surface area contributed by atoms with Crippen molar-refractivity contribution in [2.45, 2.75) is 65.7 Å². The third-order valence-electron chi connectivity index (χ3n) is 4.60. The van der Waals surface area contributed by atoms with Crippen LogP contribution in [0.2, 0.25) is 0 Å². The maximum Gasteiger partial charge on any atom is 0.220 e. The second kappa shape index (κ2) is 6.55. The van der Waals surface area contributed by atoms with Crippen LogP contribution < -0.4 is 11.1 Å². The van der Waals surface area contributed by atoms with E-state index in [1.165, 1.54) is 19.3 Å². The second-order valence-electron chi connectivity index (χ2n) is 6.74. The predicted molar refractivity (Wildman–Crippen MR) is 76.3 cm³/mol. The molecular weight excluding hydrogens is 224 g/mol. The zero-order valence-corrected chi connectivity index (χ0v) is 12.3. The lowest BCUT2D eigenvalue weighted by molar-refractivity contribution is -0.124. The molecule has 1 aliphatic rings. The van der Waals surface area contributed by atoms with E-state index < -0.39 is 0 Å². The van der Waals surface area contributed by atoms with E-state index in [-0.39, 0.29) is 16.7 Å². The van der Waals surface area contributed by atoms with Gasteiger partial charge in [0.15, 0.2) is 0 Å². The van der Waals surface area contributed by atoms with Crippen LogP contribution in [-0.2, 0) is 4.79 Å². The van der Waals surface area contributed by atoms with E-state index in [2.05, 4.69) is 26.1 Å². The Kier molecular flexibility index (Phi) is 5.64. The molecule has 0 radical (unpaired) electrons. The van der Waals surface area contributed by atoms with Crippen molar-refractivity contribution in [2.75, 3.05) is 13.1 Å². The summed E-state index contributed by atoms with van der Waals surface area (Å²) < 4.78 is 0. The fourth-order valence-corrected chi connectivity index (χ4v) is 2.62. The molecule has 0 unspecified atom stereocenters. The maximum atomic E-state index is 12.1. The molecule has 1 rings (SSSR count). The minimum absolute atomic E-state index is 0.0820. The third-order valence-corrected chi connectivity index (χ3v) is 4.60. The summed E-state index contributed by atoms with van der Waals surface area (Å²) in [5, 5.41) is 3.09. The molecule has 1 fully saturated rings. The molecule has 0 saturated heterocycles. The molecule has 0 bridgehead atoms. The monoisotopic (exact) mass is 254 g/mol. The normalized spacial score (nSPS) is 19.6. The van der Waals surface area contributed by atoms with Gasteiger partial charge in [0.25, 0.3) is 0 Å². The summed E-state index contributed by atoms with van der Waals surface area (Å²) in [5.41, 5.74) is 6.19. The highest BCUT2D eigenvalue weighted by atomic mass is 16.1. The molecule has 18 heavy (non-hydrogen) atoms. The van der Waals surface area contributed by atoms with Crippen LogP contribution in [0.15, 0.2) is 0 Å². The number of nitrogens with one attached hydrogen (secondary N) is 1. The summed E-state index contributed by atoms with van der Waals surface area (Å²) in [6, 6.07) is 0. The van der Waals surface area contributed by atoms with E-state index in [0.29, 0.717) is 13.0 Å². The summed E-state index contributed by atoms with van der Waals surface area (Å²) in [6.07, 6.45) is 7.68. The van der Waals surface area contributed by atoms with Crippen molar-refractivity contribution in [3.63, 3.8) is 0 Å². The molecule has 1 amide bonds. The number of rotatable bonds is 6. The summed E-state index contributed by atoms with van der Waals surface area (Å²) in [4.78, 5) is 12.1. The van der Waals surface area contributed by atoms with Gasteiger partial charge in [0.1, 0.15) is 0 Å². The minimum Gasteiger partial charge on any atom is -0.356 e. The molecule has 0 aromatic rings. The van der Waals surface area contributed by atoms with Crippen molar-refractivity contribution >= 4 is 5.91 Å². The van der Waals surface area contributed by atoms with Gasteiger partial charge < -0.3 is 11.1 Å². The molecule has 3 nitrogen and oxygen atoms in total. The Balaban J connectivity index is 2.42. The van der Waals surface area contributed by atoms with Crippen molar-refractivity contribution < 1.29 is 4.79 Å². The lowest BCUT2D eigenvalue weighted by Crippen LogP contribution is -2.41. The summed E-state index contributed by atoms with van der Waals surface area (Å²) in [7, 11) is 0. The summed E-state index contributed by atoms with van der Waals surface area (Å²) >= 11 is 0. The van der Waals surface area contributed by atoms with Crippen molar-refractivity contribution in [1.29, 1.82) is 0 Å². The minimum atomic E-state index is 0.0820. The highest BCUT2D eigenvalue weighted by Crippen LogP contribution is 2.38. The molecule has 1 aliphatic carbocycles. The van der Waals surface area contributed by atoms with E-state index in [1.54, 1.807) is 0 Å². The Morgan fingerprint density at radius 1 is 1.28 bits per heavy atom. The van der Waals surface area contributed by atoms with Crippen LogP contribution >= 0.6 is 0 Å². The average Bonchev–Trinajstić information content (AvgIpc) is 2.38. The number of hydrogen-bond donors (Lipinski definition) is 2. The first-order valence-corrected chi connectivity index (χ1v) is 7.40. The predicted octanol–water partition coefficient (Wildman–Crippen LogP) is 2.84. The first-order valence-electron chi connectivity index (χ1n) is 7.40. The topological polar surface area (TPSA) is 55.1 Å². The Bertz CT molecular complexity index is 268. The highest BCUT2D eigenvalue weighted by molar-refractivity contribution is 5.76. The van der Waals surface area contributed by atoms with Crippen molar-refractivity contribution in [1.82, 2.24) is 5.32 Å². The zero-order chi connectivity index (χ0) is 13.6. The van der Waals surface area contributed by atoms with Gasteiger partial charge in [0, 0.05) is 13.0 Å². The molecule has 0 heterocycles. The fourth-order valence-electron chi connectivity index (χ4n) is 2.62. The molecule has 0 aromatic heterocycles. The van der Waals surface area contributed by atoms with E-state index in [1.807, 2.05) is 0 Å². The van der Waals surface area contributed by atoms with Crippen LogP contribution in [-0.4, -0.2) is 19.0 Å². The Hall–Kier alpha value is -0.570. The smallest absolute Gasteiger partial charge is 0.220 e. The fraction of sp³-hybridized carbons (Fsp3) is 0.933. The first-order chi connectivity index (χ1) is 8.43. The molecule has 0 atom stereocenters. The lowest BCUT2D eigenvalue weighted by atomic mass is 9.71. The van der Waals surface area contributed by atoms with Crippen LogP contribution in [0.1, 0.15) is 65.7 Å². The molecule has 1 saturated carbocycles. The van der Waals surface area contributed by atoms with Gasteiger partial charge in [-0.1, -0.05) is 40.0 Å². The maximum absolute atomic E-state index is 12.1. The van der Waals surface area contributed by atoms with Crippen LogP contribution in [0, 0.1) is 10.8 Å². The Morgan fingerprint density at radius 3 is 2.39 bits per heavy atom. The number of amides is 1. The van der Waals surface area contributed by atoms with Gasteiger partial charge in [-0.3, -0.25) is 4.79 Å². The highest BCUT2D eigenvalue weighted by Gasteiger charge is 2.33. The van der Waals surface area contributed by atoms with E-state index in [9.17, 15) is 4.79 Å². The van der Waals surface area contributed by atoms with Crippen LogP contribution in [0.4, 0.5) is 0 Å². The van der Waals surface area contributed by atoms with E-state index >= 15 is 0 Å². The molecule has 106 valence electrons. The SMILES string of the molecule is CCC(C)(C)CNC(=O)CC1(CN)CCCCC1. The summed E-state index contributed by atoms with van der Waals surface area (Å²) in [5.74, 6) is 0.184. The van der Waals surface area contributed by atoms with Crippen LogP contribution in [0.3, 0.4) is 0 Å². The van der Waals surface area contributed by atoms with Crippen molar-refractivity contribution in [3.05, 3.63) is 0 Å². The standard InChI is InChI=1S/C15H30N2O/c1-4-14(2,3)12-17-13(18)10-15(11-16)8-6-5-7-9-15/h4-12,16H2,1-3H3,(H,17,18). The largest absolute Gasteiger partial charge is 0.356 e. The van der Waals surface area contributed by atoms with E-state index in [0.717, 1.165) is 25.8 Å². The average molecular weight is 254 g/mol. The van der Waals surface area contributed by atoms with E-state index in [4.69, 9.17) is 5.73 Å². The van der Waals surface area contributed by atoms with Gasteiger partial charge in [-0.25, -0.2) is 0 Å². The van der Waals surface area contributed by atoms with Crippen molar-refractivity contribution in [2.24, 2.45) is 16.6 Å². The zero-order valence-electron chi connectivity index (χ0n) is 12.3. The van der Waals surface area contributed by atoms with Gasteiger partial charge in [0.2, 0.25) is 5.91 Å². The molecule has 0 aliphatic heterocycles. The Morgan fingerprint density at radius 2 is 1.89 bits per heavy atom. The van der Waals surface area contributed by atoms with Crippen LogP contribution in [0.5, 0.6) is 0 Å². The number of nitrogens with two attached hydrogens (primary N) is 1. The third kappa shape index (κ3) is 4.60. The van der Waals surface area contributed by atoms with Gasteiger partial charge in [-0.05, 0) is 36.6 Å². The second-order valence-corrected chi connectivity index (χ2v) is 6.74. The lowest BCUT2D eigenvalue weighted by Gasteiger charge is -2.36. The van der Waals surface area contributed by atoms with Gasteiger partial charge >= 0.3 is 0 Å². The Labute approximate surface area is 112 Å².